The fourth-order valence-corrected chi connectivity index (χ4v) is 9.58. The standard InChI is InChI=1S/C51H33NO2/c1-51(2)43-21-7-3-13-35(43)39-25-26-40-36-14-4-8-22-44(36)52(48(40)47(39)51)32-28-30(33-17-11-19-41-37-15-5-9-23-45(37)53-49(33)41)27-31(29-32)34-18-12-20-42-38-16-6-10-24-46(38)54-50(34)42/h3-29H,1-2H3. The number of benzene rings is 8. The summed E-state index contributed by atoms with van der Waals surface area (Å²) in [6.45, 7) is 4.76. The van der Waals surface area contributed by atoms with Gasteiger partial charge in [0.25, 0.3) is 0 Å². The highest BCUT2D eigenvalue weighted by Crippen LogP contribution is 2.53. The summed E-state index contributed by atoms with van der Waals surface area (Å²) in [5.74, 6) is 0. The van der Waals surface area contributed by atoms with E-state index in [2.05, 4.69) is 170 Å². The van der Waals surface area contributed by atoms with Gasteiger partial charge in [0.1, 0.15) is 22.3 Å². The third-order valence-corrected chi connectivity index (χ3v) is 12.0. The summed E-state index contributed by atoms with van der Waals surface area (Å²) in [6.07, 6.45) is 0. The molecule has 8 aromatic carbocycles. The van der Waals surface area contributed by atoms with Crippen molar-refractivity contribution in [3.63, 3.8) is 0 Å². The molecule has 3 heteroatoms. The number of aromatic nitrogens is 1. The molecule has 3 nitrogen and oxygen atoms in total. The zero-order valence-corrected chi connectivity index (χ0v) is 29.9. The maximum Gasteiger partial charge on any atom is 0.143 e. The zero-order chi connectivity index (χ0) is 35.7. The molecule has 54 heavy (non-hydrogen) atoms. The van der Waals surface area contributed by atoms with E-state index >= 15 is 0 Å². The van der Waals surface area contributed by atoms with Gasteiger partial charge in [-0.15, -0.1) is 0 Å². The number of rotatable bonds is 3. The van der Waals surface area contributed by atoms with Crippen LogP contribution in [0.5, 0.6) is 0 Å². The molecule has 0 saturated heterocycles. The van der Waals surface area contributed by atoms with Gasteiger partial charge >= 0.3 is 0 Å². The van der Waals surface area contributed by atoms with Crippen LogP contribution in [0.1, 0.15) is 25.0 Å². The predicted molar refractivity (Wildman–Crippen MR) is 224 cm³/mol. The van der Waals surface area contributed by atoms with Gasteiger partial charge < -0.3 is 13.4 Å². The molecular formula is C51H33NO2. The number of hydrogen-bond acceptors (Lipinski definition) is 2. The van der Waals surface area contributed by atoms with Gasteiger partial charge in [0.2, 0.25) is 0 Å². The van der Waals surface area contributed by atoms with Crippen LogP contribution < -0.4 is 0 Å². The fourth-order valence-electron chi connectivity index (χ4n) is 9.58. The minimum atomic E-state index is -0.197. The number of fused-ring (bicyclic) bond motifs is 13. The molecule has 0 bridgehead atoms. The molecule has 0 aliphatic heterocycles. The number of hydrogen-bond donors (Lipinski definition) is 0. The van der Waals surface area contributed by atoms with Crippen LogP contribution in [0.3, 0.4) is 0 Å². The van der Waals surface area contributed by atoms with Crippen LogP contribution in [-0.2, 0) is 5.41 Å². The van der Waals surface area contributed by atoms with E-state index in [-0.39, 0.29) is 5.41 Å². The van der Waals surface area contributed by atoms with Gasteiger partial charge in [-0.2, -0.15) is 0 Å². The maximum atomic E-state index is 6.66. The summed E-state index contributed by atoms with van der Waals surface area (Å²) in [5, 5.41) is 6.98. The summed E-state index contributed by atoms with van der Waals surface area (Å²) in [5.41, 5.74) is 16.5. The Kier molecular flexibility index (Phi) is 5.84. The van der Waals surface area contributed by atoms with Gasteiger partial charge in [0.15, 0.2) is 0 Å². The van der Waals surface area contributed by atoms with Crippen LogP contribution in [0.2, 0.25) is 0 Å². The molecule has 0 N–H and O–H groups in total. The van der Waals surface area contributed by atoms with Crippen LogP contribution in [-0.4, -0.2) is 4.57 Å². The van der Waals surface area contributed by atoms with Crippen molar-refractivity contribution in [2.75, 3.05) is 0 Å². The summed E-state index contributed by atoms with van der Waals surface area (Å²) >= 11 is 0. The first-order valence-corrected chi connectivity index (χ1v) is 18.7. The number of para-hydroxylation sites is 5. The van der Waals surface area contributed by atoms with Crippen LogP contribution in [0, 0.1) is 0 Å². The molecule has 0 unspecified atom stereocenters. The second-order valence-electron chi connectivity index (χ2n) is 15.2. The minimum Gasteiger partial charge on any atom is -0.455 e. The lowest BCUT2D eigenvalue weighted by atomic mass is 9.81. The van der Waals surface area contributed by atoms with Crippen LogP contribution in [0.4, 0.5) is 0 Å². The van der Waals surface area contributed by atoms with Crippen LogP contribution in [0.25, 0.3) is 105 Å². The molecule has 3 heterocycles. The lowest BCUT2D eigenvalue weighted by Gasteiger charge is -2.24. The van der Waals surface area contributed by atoms with Crippen molar-refractivity contribution in [3.8, 4) is 39.1 Å². The van der Waals surface area contributed by atoms with E-state index in [0.29, 0.717) is 0 Å². The average Bonchev–Trinajstić information content (AvgIpc) is 3.94. The fraction of sp³-hybridized carbons (Fsp3) is 0.0588. The monoisotopic (exact) mass is 691 g/mol. The maximum absolute atomic E-state index is 6.66. The highest BCUT2D eigenvalue weighted by atomic mass is 16.3. The second kappa shape index (κ2) is 10.6. The van der Waals surface area contributed by atoms with Crippen LogP contribution >= 0.6 is 0 Å². The normalized spacial score (nSPS) is 13.5. The van der Waals surface area contributed by atoms with E-state index < -0.39 is 0 Å². The van der Waals surface area contributed by atoms with Gasteiger partial charge in [-0.1, -0.05) is 141 Å². The van der Waals surface area contributed by atoms with Crippen molar-refractivity contribution in [1.82, 2.24) is 4.57 Å². The Balaban J connectivity index is 1.22. The Morgan fingerprint density at radius 3 is 1.63 bits per heavy atom. The third-order valence-electron chi connectivity index (χ3n) is 12.0. The molecule has 0 radical (unpaired) electrons. The molecule has 0 spiro atoms. The molecule has 0 saturated carbocycles. The third kappa shape index (κ3) is 3.91. The largest absolute Gasteiger partial charge is 0.455 e. The summed E-state index contributed by atoms with van der Waals surface area (Å²) in [4.78, 5) is 0. The lowest BCUT2D eigenvalue weighted by Crippen LogP contribution is -2.16. The van der Waals surface area contributed by atoms with E-state index in [1.54, 1.807) is 0 Å². The first-order chi connectivity index (χ1) is 26.5. The van der Waals surface area contributed by atoms with Crippen molar-refractivity contribution in [1.29, 1.82) is 0 Å². The van der Waals surface area contributed by atoms with E-state index in [1.807, 2.05) is 12.1 Å². The number of furan rings is 2. The topological polar surface area (TPSA) is 31.2 Å². The van der Waals surface area contributed by atoms with Crippen molar-refractivity contribution < 1.29 is 8.83 Å². The van der Waals surface area contributed by atoms with Crippen molar-refractivity contribution in [2.45, 2.75) is 19.3 Å². The van der Waals surface area contributed by atoms with Gasteiger partial charge in [-0.3, -0.25) is 0 Å². The van der Waals surface area contributed by atoms with Crippen molar-refractivity contribution >= 4 is 65.7 Å². The van der Waals surface area contributed by atoms with Crippen LogP contribution in [0.15, 0.2) is 173 Å². The molecule has 11 aromatic rings. The molecule has 3 aromatic heterocycles. The Bertz CT molecular complexity index is 3240. The SMILES string of the molecule is CC1(C)c2ccccc2-c2ccc3c4ccccc4n(-c4cc(-c5cccc6c5oc5ccccc56)cc(-c5cccc6c5oc5ccccc56)c4)c3c21. The van der Waals surface area contributed by atoms with Gasteiger partial charge in [0.05, 0.1) is 11.0 Å². The summed E-state index contributed by atoms with van der Waals surface area (Å²) < 4.78 is 15.8. The van der Waals surface area contributed by atoms with E-state index in [9.17, 15) is 0 Å². The number of nitrogens with zero attached hydrogens (tertiary/aromatic N) is 1. The quantitative estimate of drug-likeness (QED) is 0.185. The molecule has 0 amide bonds. The molecule has 12 rings (SSSR count). The molecule has 1 aliphatic rings. The molecular weight excluding hydrogens is 659 g/mol. The van der Waals surface area contributed by atoms with Crippen molar-refractivity contribution in [2.24, 2.45) is 0 Å². The Morgan fingerprint density at radius 2 is 0.963 bits per heavy atom. The first-order valence-electron chi connectivity index (χ1n) is 18.7. The van der Waals surface area contributed by atoms with E-state index in [4.69, 9.17) is 8.83 Å². The van der Waals surface area contributed by atoms with Gasteiger partial charge in [-0.25, -0.2) is 0 Å². The smallest absolute Gasteiger partial charge is 0.143 e. The highest BCUT2D eigenvalue weighted by molar-refractivity contribution is 6.15. The van der Waals surface area contributed by atoms with E-state index in [1.165, 1.54) is 44.1 Å². The minimum absolute atomic E-state index is 0.197. The summed E-state index contributed by atoms with van der Waals surface area (Å²) in [6, 6.07) is 59.1. The second-order valence-corrected chi connectivity index (χ2v) is 15.2. The molecule has 0 fully saturated rings. The van der Waals surface area contributed by atoms with Gasteiger partial charge in [-0.05, 0) is 69.8 Å². The zero-order valence-electron chi connectivity index (χ0n) is 29.9. The highest BCUT2D eigenvalue weighted by Gasteiger charge is 2.38. The predicted octanol–water partition coefficient (Wildman–Crippen LogP) is 14.2. The Hall–Kier alpha value is -6.84. The van der Waals surface area contributed by atoms with E-state index in [0.717, 1.165) is 71.8 Å². The molecule has 0 atom stereocenters. The Morgan fingerprint density at radius 1 is 0.426 bits per heavy atom. The van der Waals surface area contributed by atoms with Crippen molar-refractivity contribution in [3.05, 3.63) is 175 Å². The molecule has 254 valence electrons. The Labute approximate surface area is 311 Å². The van der Waals surface area contributed by atoms with Gasteiger partial charge in [0, 0.05) is 54.5 Å². The average molecular weight is 692 g/mol. The first kappa shape index (κ1) is 29.7. The molecule has 1 aliphatic carbocycles. The lowest BCUT2D eigenvalue weighted by molar-refractivity contribution is 0.664. The summed E-state index contributed by atoms with van der Waals surface area (Å²) in [7, 11) is 0.